The number of nitrogens with zero attached hydrogens (tertiary/aromatic N) is 1. The normalized spacial score (nSPS) is 10.8. The molecule has 0 aliphatic rings. The molecule has 0 heterocycles. The van der Waals surface area contributed by atoms with Crippen LogP contribution in [-0.2, 0) is 14.8 Å². The van der Waals surface area contributed by atoms with E-state index in [0.717, 1.165) is 10.6 Å². The summed E-state index contributed by atoms with van der Waals surface area (Å²) in [5.41, 5.74) is 0.333. The molecule has 0 saturated carbocycles. The Morgan fingerprint density at radius 3 is 2.48 bits per heavy atom. The van der Waals surface area contributed by atoms with E-state index in [1.165, 1.54) is 14.2 Å². The zero-order chi connectivity index (χ0) is 17.5. The predicted molar refractivity (Wildman–Crippen MR) is 86.8 cm³/mol. The smallest absolute Gasteiger partial charge is 0.407 e. The second-order valence-electron chi connectivity index (χ2n) is 4.52. The summed E-state index contributed by atoms with van der Waals surface area (Å²) in [4.78, 5) is 11.3. The van der Waals surface area contributed by atoms with E-state index in [4.69, 9.17) is 14.2 Å². The number of methoxy groups -OCH3 is 2. The molecule has 0 aliphatic heterocycles. The Morgan fingerprint density at radius 1 is 1.26 bits per heavy atom. The summed E-state index contributed by atoms with van der Waals surface area (Å²) in [7, 11) is -0.648. The van der Waals surface area contributed by atoms with Gasteiger partial charge in [-0.05, 0) is 19.1 Å². The van der Waals surface area contributed by atoms with Crippen LogP contribution in [0.5, 0.6) is 11.5 Å². The van der Waals surface area contributed by atoms with Gasteiger partial charge in [0, 0.05) is 12.6 Å². The van der Waals surface area contributed by atoms with Crippen LogP contribution in [0.15, 0.2) is 18.2 Å². The summed E-state index contributed by atoms with van der Waals surface area (Å²) in [6.07, 6.45) is 0.481. The van der Waals surface area contributed by atoms with Crippen molar-refractivity contribution < 1.29 is 27.4 Å². The maximum absolute atomic E-state index is 12.1. The van der Waals surface area contributed by atoms with E-state index in [0.29, 0.717) is 17.2 Å². The van der Waals surface area contributed by atoms with Gasteiger partial charge in [-0.25, -0.2) is 13.2 Å². The molecular weight excluding hydrogens is 324 g/mol. The third-order valence-corrected chi connectivity index (χ3v) is 4.09. The van der Waals surface area contributed by atoms with Gasteiger partial charge in [0.05, 0.1) is 39.3 Å². The lowest BCUT2D eigenvalue weighted by Crippen LogP contribution is -2.38. The molecule has 1 aromatic rings. The van der Waals surface area contributed by atoms with Gasteiger partial charge in [-0.3, -0.25) is 4.31 Å². The highest BCUT2D eigenvalue weighted by molar-refractivity contribution is 7.92. The number of anilines is 1. The first-order chi connectivity index (χ1) is 10.8. The van der Waals surface area contributed by atoms with Gasteiger partial charge < -0.3 is 19.5 Å². The highest BCUT2D eigenvalue weighted by atomic mass is 32.2. The van der Waals surface area contributed by atoms with Crippen LogP contribution in [0.4, 0.5) is 10.5 Å². The van der Waals surface area contributed by atoms with Gasteiger partial charge in [-0.1, -0.05) is 0 Å². The molecule has 0 unspecified atom stereocenters. The number of amides is 1. The van der Waals surface area contributed by atoms with E-state index in [1.54, 1.807) is 25.1 Å². The maximum Gasteiger partial charge on any atom is 0.407 e. The molecule has 1 aromatic carbocycles. The second kappa shape index (κ2) is 8.47. The molecule has 8 nitrogen and oxygen atoms in total. The van der Waals surface area contributed by atoms with Crippen LogP contribution < -0.4 is 19.1 Å². The van der Waals surface area contributed by atoms with Crippen LogP contribution in [0, 0.1) is 0 Å². The van der Waals surface area contributed by atoms with Crippen molar-refractivity contribution in [2.24, 2.45) is 0 Å². The van der Waals surface area contributed by atoms with E-state index in [1.807, 2.05) is 0 Å². The van der Waals surface area contributed by atoms with Crippen molar-refractivity contribution in [3.05, 3.63) is 18.2 Å². The van der Waals surface area contributed by atoms with Gasteiger partial charge >= 0.3 is 6.09 Å². The molecular formula is C14H22N2O6S. The fourth-order valence-corrected chi connectivity index (χ4v) is 2.82. The van der Waals surface area contributed by atoms with Crippen molar-refractivity contribution in [3.8, 4) is 11.5 Å². The molecule has 0 fully saturated rings. The van der Waals surface area contributed by atoms with Gasteiger partial charge in [0.25, 0.3) is 0 Å². The number of alkyl carbamates (subject to hydrolysis) is 1. The summed E-state index contributed by atoms with van der Waals surface area (Å²) in [5, 5.41) is 2.48. The molecule has 0 saturated heterocycles. The lowest BCUT2D eigenvalue weighted by Gasteiger charge is -2.24. The molecule has 130 valence electrons. The topological polar surface area (TPSA) is 94.2 Å². The van der Waals surface area contributed by atoms with E-state index >= 15 is 0 Å². The molecule has 1 amide bonds. The Labute approximate surface area is 136 Å². The predicted octanol–water partition coefficient (Wildman–Crippen LogP) is 1.22. The standard InChI is InChI=1S/C14H22N2O6S/c1-5-22-14(17)15-8-9-16(23(4,18)19)12-10-11(20-2)6-7-13(12)21-3/h6-7,10H,5,8-9H2,1-4H3,(H,15,17). The first-order valence-electron chi connectivity index (χ1n) is 6.93. The molecule has 0 bridgehead atoms. The molecule has 0 atom stereocenters. The van der Waals surface area contributed by atoms with E-state index in [-0.39, 0.29) is 19.7 Å². The Morgan fingerprint density at radius 2 is 1.96 bits per heavy atom. The Bertz CT molecular complexity index is 632. The quantitative estimate of drug-likeness (QED) is 0.760. The molecule has 0 aromatic heterocycles. The van der Waals surface area contributed by atoms with Crippen molar-refractivity contribution in [2.75, 3.05) is 44.5 Å². The van der Waals surface area contributed by atoms with Crippen molar-refractivity contribution in [2.45, 2.75) is 6.92 Å². The zero-order valence-electron chi connectivity index (χ0n) is 13.7. The maximum atomic E-state index is 12.1. The summed E-state index contributed by atoms with van der Waals surface area (Å²) in [6, 6.07) is 4.84. The van der Waals surface area contributed by atoms with Crippen molar-refractivity contribution in [3.63, 3.8) is 0 Å². The Hall–Kier alpha value is -2.16. The number of nitrogens with one attached hydrogen (secondary N) is 1. The minimum atomic E-state index is -3.58. The zero-order valence-corrected chi connectivity index (χ0v) is 14.5. The van der Waals surface area contributed by atoms with Gasteiger partial charge in [-0.15, -0.1) is 0 Å². The number of rotatable bonds is 8. The van der Waals surface area contributed by atoms with Crippen LogP contribution in [0.25, 0.3) is 0 Å². The highest BCUT2D eigenvalue weighted by Gasteiger charge is 2.22. The average Bonchev–Trinajstić information content (AvgIpc) is 2.50. The van der Waals surface area contributed by atoms with Crippen LogP contribution in [0.1, 0.15) is 6.92 Å². The minimum absolute atomic E-state index is 0.0289. The molecule has 1 rings (SSSR count). The van der Waals surface area contributed by atoms with Gasteiger partial charge in [0.2, 0.25) is 10.0 Å². The van der Waals surface area contributed by atoms with E-state index in [2.05, 4.69) is 5.32 Å². The van der Waals surface area contributed by atoms with Crippen LogP contribution in [-0.4, -0.2) is 54.7 Å². The van der Waals surface area contributed by atoms with E-state index < -0.39 is 16.1 Å². The molecule has 0 radical (unpaired) electrons. The minimum Gasteiger partial charge on any atom is -0.497 e. The molecule has 0 aliphatic carbocycles. The van der Waals surface area contributed by atoms with Crippen molar-refractivity contribution in [1.29, 1.82) is 0 Å². The highest BCUT2D eigenvalue weighted by Crippen LogP contribution is 2.33. The molecule has 0 spiro atoms. The lowest BCUT2D eigenvalue weighted by atomic mass is 10.2. The number of carbonyl (C=O) groups is 1. The monoisotopic (exact) mass is 346 g/mol. The summed E-state index contributed by atoms with van der Waals surface area (Å²) in [6.45, 7) is 2.04. The number of benzene rings is 1. The van der Waals surface area contributed by atoms with Crippen molar-refractivity contribution >= 4 is 21.8 Å². The fourth-order valence-electron chi connectivity index (χ4n) is 1.90. The SMILES string of the molecule is CCOC(=O)NCCN(c1cc(OC)ccc1OC)S(C)(=O)=O. The average molecular weight is 346 g/mol. The number of ether oxygens (including phenoxy) is 3. The molecule has 1 N–H and O–H groups in total. The van der Waals surface area contributed by atoms with Gasteiger partial charge in [0.15, 0.2) is 0 Å². The third kappa shape index (κ3) is 5.51. The van der Waals surface area contributed by atoms with Crippen molar-refractivity contribution in [1.82, 2.24) is 5.32 Å². The summed E-state index contributed by atoms with van der Waals surface area (Å²) in [5.74, 6) is 0.875. The van der Waals surface area contributed by atoms with Crippen LogP contribution >= 0.6 is 0 Å². The first-order valence-corrected chi connectivity index (χ1v) is 8.78. The van der Waals surface area contributed by atoms with Gasteiger partial charge in [0.1, 0.15) is 11.5 Å². The number of hydrogen-bond donors (Lipinski definition) is 1. The first kappa shape index (κ1) is 18.9. The number of carbonyl (C=O) groups excluding carboxylic acids is 1. The summed E-state index contributed by atoms with van der Waals surface area (Å²) >= 11 is 0. The lowest BCUT2D eigenvalue weighted by molar-refractivity contribution is 0.152. The van der Waals surface area contributed by atoms with E-state index in [9.17, 15) is 13.2 Å². The molecule has 23 heavy (non-hydrogen) atoms. The fraction of sp³-hybridized carbons (Fsp3) is 0.500. The van der Waals surface area contributed by atoms with Crippen LogP contribution in [0.2, 0.25) is 0 Å². The third-order valence-electron chi connectivity index (χ3n) is 2.91. The molecule has 9 heteroatoms. The van der Waals surface area contributed by atoms with Gasteiger partial charge in [-0.2, -0.15) is 0 Å². The Balaban J connectivity index is 3.01. The number of hydrogen-bond acceptors (Lipinski definition) is 6. The second-order valence-corrected chi connectivity index (χ2v) is 6.43. The summed E-state index contributed by atoms with van der Waals surface area (Å²) < 4.78 is 40.4. The Kier molecular flexibility index (Phi) is 6.95. The van der Waals surface area contributed by atoms with Crippen LogP contribution in [0.3, 0.4) is 0 Å². The number of sulfonamides is 1. The largest absolute Gasteiger partial charge is 0.497 e.